The molecule has 20 heavy (non-hydrogen) atoms. The minimum absolute atomic E-state index is 0.379. The van der Waals surface area contributed by atoms with Crippen molar-refractivity contribution < 1.29 is 0 Å². The molecule has 2 rings (SSSR count). The van der Waals surface area contributed by atoms with Gasteiger partial charge in [-0.1, -0.05) is 36.8 Å². The van der Waals surface area contributed by atoms with Gasteiger partial charge in [-0.05, 0) is 45.7 Å². The number of nitrogens with one attached hydrogen (secondary N) is 1. The molecule has 2 nitrogen and oxygen atoms in total. The van der Waals surface area contributed by atoms with E-state index in [1.54, 1.807) is 0 Å². The molecular weight excluding hydrogens is 264 g/mol. The van der Waals surface area contributed by atoms with Crippen LogP contribution >= 0.6 is 11.3 Å². The van der Waals surface area contributed by atoms with Gasteiger partial charge in [0, 0.05) is 10.9 Å². The van der Waals surface area contributed by atoms with E-state index < -0.39 is 0 Å². The monoisotopic (exact) mass is 288 g/mol. The summed E-state index contributed by atoms with van der Waals surface area (Å²) in [4.78, 5) is 5.96. The molecule has 0 fully saturated rings. The highest BCUT2D eigenvalue weighted by atomic mass is 32.1. The van der Waals surface area contributed by atoms with Crippen LogP contribution < -0.4 is 5.32 Å². The van der Waals surface area contributed by atoms with E-state index in [1.807, 2.05) is 11.3 Å². The lowest BCUT2D eigenvalue weighted by Gasteiger charge is -2.18. The minimum atomic E-state index is 0.379. The lowest BCUT2D eigenvalue weighted by atomic mass is 10.0. The van der Waals surface area contributed by atoms with E-state index in [2.05, 4.69) is 62.3 Å². The summed E-state index contributed by atoms with van der Waals surface area (Å²) < 4.78 is 0. The lowest BCUT2D eigenvalue weighted by molar-refractivity contribution is 0.533. The minimum Gasteiger partial charge on any atom is -0.309 e. The second kappa shape index (κ2) is 7.00. The summed E-state index contributed by atoms with van der Waals surface area (Å²) in [6, 6.07) is 9.23. The van der Waals surface area contributed by atoms with Crippen LogP contribution in [-0.2, 0) is 6.42 Å². The van der Waals surface area contributed by atoms with Crippen LogP contribution in [0.1, 0.15) is 46.1 Å². The third-order valence-electron chi connectivity index (χ3n) is 3.46. The van der Waals surface area contributed by atoms with E-state index in [9.17, 15) is 0 Å². The molecule has 0 saturated carbocycles. The predicted octanol–water partition coefficient (Wildman–Crippen LogP) is 4.35. The highest BCUT2D eigenvalue weighted by molar-refractivity contribution is 7.11. The van der Waals surface area contributed by atoms with Gasteiger partial charge in [0.05, 0.1) is 10.7 Å². The van der Waals surface area contributed by atoms with Gasteiger partial charge >= 0.3 is 0 Å². The summed E-state index contributed by atoms with van der Waals surface area (Å²) in [5.74, 6) is 0. The van der Waals surface area contributed by atoms with Crippen molar-refractivity contribution in [2.24, 2.45) is 0 Å². The zero-order valence-corrected chi connectivity index (χ0v) is 13.7. The van der Waals surface area contributed by atoms with E-state index in [0.717, 1.165) is 24.4 Å². The van der Waals surface area contributed by atoms with Gasteiger partial charge < -0.3 is 5.32 Å². The molecule has 0 saturated heterocycles. The van der Waals surface area contributed by atoms with E-state index in [0.29, 0.717) is 6.04 Å². The third kappa shape index (κ3) is 3.90. The number of rotatable bonds is 6. The SMILES string of the molecule is CCCNC(Cc1ccc(C)cc1)c1sc(C)nc1C. The Morgan fingerprint density at radius 3 is 2.40 bits per heavy atom. The molecule has 0 aliphatic heterocycles. The van der Waals surface area contributed by atoms with Crippen LogP contribution in [0.5, 0.6) is 0 Å². The van der Waals surface area contributed by atoms with Crippen molar-refractivity contribution in [1.82, 2.24) is 10.3 Å². The first-order valence-electron chi connectivity index (χ1n) is 7.33. The quantitative estimate of drug-likeness (QED) is 0.854. The Hall–Kier alpha value is -1.19. The number of aryl methyl sites for hydroxylation is 3. The second-order valence-corrected chi connectivity index (χ2v) is 6.61. The van der Waals surface area contributed by atoms with Crippen molar-refractivity contribution >= 4 is 11.3 Å². The van der Waals surface area contributed by atoms with Crippen LogP contribution in [0.15, 0.2) is 24.3 Å². The molecule has 1 atom stereocenters. The maximum atomic E-state index is 4.57. The molecule has 3 heteroatoms. The standard InChI is InChI=1S/C17H24N2S/c1-5-10-18-16(17-13(3)19-14(4)20-17)11-15-8-6-12(2)7-9-15/h6-9,16,18H,5,10-11H2,1-4H3. The largest absolute Gasteiger partial charge is 0.309 e. The molecule has 1 N–H and O–H groups in total. The van der Waals surface area contributed by atoms with Gasteiger partial charge in [0.1, 0.15) is 0 Å². The molecule has 0 bridgehead atoms. The number of hydrogen-bond acceptors (Lipinski definition) is 3. The van der Waals surface area contributed by atoms with Crippen molar-refractivity contribution in [3.8, 4) is 0 Å². The topological polar surface area (TPSA) is 24.9 Å². The van der Waals surface area contributed by atoms with Crippen LogP contribution in [0.4, 0.5) is 0 Å². The van der Waals surface area contributed by atoms with Crippen LogP contribution in [0.25, 0.3) is 0 Å². The van der Waals surface area contributed by atoms with Crippen molar-refractivity contribution in [3.05, 3.63) is 51.0 Å². The average molecular weight is 288 g/mol. The Morgan fingerprint density at radius 2 is 1.85 bits per heavy atom. The molecule has 0 aliphatic rings. The molecule has 1 heterocycles. The van der Waals surface area contributed by atoms with Gasteiger partial charge in [0.2, 0.25) is 0 Å². The van der Waals surface area contributed by atoms with Crippen LogP contribution in [0, 0.1) is 20.8 Å². The molecule has 1 aromatic carbocycles. The van der Waals surface area contributed by atoms with Gasteiger partial charge in [-0.3, -0.25) is 0 Å². The number of nitrogens with zero attached hydrogens (tertiary/aromatic N) is 1. The van der Waals surface area contributed by atoms with Gasteiger partial charge in [0.15, 0.2) is 0 Å². The number of thiazole rings is 1. The summed E-state index contributed by atoms with van der Waals surface area (Å²) in [6.07, 6.45) is 2.18. The fraction of sp³-hybridized carbons (Fsp3) is 0.471. The van der Waals surface area contributed by atoms with Gasteiger partial charge in [-0.2, -0.15) is 0 Å². The number of hydrogen-bond donors (Lipinski definition) is 1. The van der Waals surface area contributed by atoms with Crippen LogP contribution in [-0.4, -0.2) is 11.5 Å². The van der Waals surface area contributed by atoms with Gasteiger partial charge in [-0.15, -0.1) is 11.3 Å². The Labute approximate surface area is 126 Å². The van der Waals surface area contributed by atoms with Crippen molar-refractivity contribution in [1.29, 1.82) is 0 Å². The molecule has 1 unspecified atom stereocenters. The zero-order chi connectivity index (χ0) is 14.5. The Morgan fingerprint density at radius 1 is 1.15 bits per heavy atom. The first-order chi connectivity index (χ1) is 9.60. The molecule has 0 radical (unpaired) electrons. The first kappa shape index (κ1) is 15.2. The summed E-state index contributed by atoms with van der Waals surface area (Å²) in [6.45, 7) is 9.60. The van der Waals surface area contributed by atoms with Crippen molar-refractivity contribution in [2.75, 3.05) is 6.54 Å². The summed E-state index contributed by atoms with van der Waals surface area (Å²) in [5.41, 5.74) is 3.87. The Bertz CT molecular complexity index is 543. The van der Waals surface area contributed by atoms with Gasteiger partial charge in [-0.25, -0.2) is 4.98 Å². The normalized spacial score (nSPS) is 12.6. The zero-order valence-electron chi connectivity index (χ0n) is 12.9. The fourth-order valence-corrected chi connectivity index (χ4v) is 3.41. The maximum Gasteiger partial charge on any atom is 0.0900 e. The van der Waals surface area contributed by atoms with Crippen LogP contribution in [0.2, 0.25) is 0 Å². The molecule has 2 aromatic rings. The summed E-state index contributed by atoms with van der Waals surface area (Å²) >= 11 is 1.82. The van der Waals surface area contributed by atoms with Gasteiger partial charge in [0.25, 0.3) is 0 Å². The molecule has 1 aromatic heterocycles. The summed E-state index contributed by atoms with van der Waals surface area (Å²) in [5, 5.41) is 4.83. The summed E-state index contributed by atoms with van der Waals surface area (Å²) in [7, 11) is 0. The van der Waals surface area contributed by atoms with E-state index in [1.165, 1.54) is 21.7 Å². The second-order valence-electron chi connectivity index (χ2n) is 5.38. The maximum absolute atomic E-state index is 4.57. The Balaban J connectivity index is 2.19. The predicted molar refractivity (Wildman–Crippen MR) is 87.5 cm³/mol. The molecule has 0 amide bonds. The van der Waals surface area contributed by atoms with Crippen LogP contribution in [0.3, 0.4) is 0 Å². The molecule has 0 spiro atoms. The first-order valence-corrected chi connectivity index (χ1v) is 8.14. The van der Waals surface area contributed by atoms with E-state index in [4.69, 9.17) is 0 Å². The number of benzene rings is 1. The molecular formula is C17H24N2S. The number of aromatic nitrogens is 1. The molecule has 0 aliphatic carbocycles. The molecule has 108 valence electrons. The highest BCUT2D eigenvalue weighted by Crippen LogP contribution is 2.27. The average Bonchev–Trinajstić information content (AvgIpc) is 2.76. The fourth-order valence-electron chi connectivity index (χ4n) is 2.41. The van der Waals surface area contributed by atoms with Crippen molar-refractivity contribution in [2.45, 2.75) is 46.6 Å². The van der Waals surface area contributed by atoms with E-state index >= 15 is 0 Å². The Kier molecular flexibility index (Phi) is 5.32. The van der Waals surface area contributed by atoms with Crippen molar-refractivity contribution in [3.63, 3.8) is 0 Å². The third-order valence-corrected chi connectivity index (χ3v) is 4.64. The highest BCUT2D eigenvalue weighted by Gasteiger charge is 2.17. The van der Waals surface area contributed by atoms with E-state index in [-0.39, 0.29) is 0 Å². The lowest BCUT2D eigenvalue weighted by Crippen LogP contribution is -2.24. The smallest absolute Gasteiger partial charge is 0.0900 e.